The van der Waals surface area contributed by atoms with Gasteiger partial charge >= 0.3 is 0 Å². The molecular weight excluding hydrogens is 214 g/mol. The minimum Gasteiger partial charge on any atom is -0.389 e. The van der Waals surface area contributed by atoms with Crippen molar-refractivity contribution in [2.24, 2.45) is 0 Å². The standard InChI is InChI=1S/C14H23NO2/c1-5-15(11(2)10-17-4)14-9-7-6-8-13(14)12(3)16/h6-9,11-12,16H,5,10H2,1-4H3/t11?,12-/m0/s1. The molecule has 0 amide bonds. The van der Waals surface area contributed by atoms with Crippen molar-refractivity contribution >= 4 is 5.69 Å². The Balaban J connectivity index is 3.02. The van der Waals surface area contributed by atoms with E-state index in [-0.39, 0.29) is 0 Å². The maximum atomic E-state index is 9.80. The number of methoxy groups -OCH3 is 1. The summed E-state index contributed by atoms with van der Waals surface area (Å²) in [4.78, 5) is 2.26. The Hall–Kier alpha value is -1.06. The monoisotopic (exact) mass is 237 g/mol. The third-order valence-corrected chi connectivity index (χ3v) is 2.98. The number of benzene rings is 1. The highest BCUT2D eigenvalue weighted by atomic mass is 16.5. The number of rotatable bonds is 6. The molecule has 1 aromatic rings. The molecule has 0 heterocycles. The number of ether oxygens (including phenoxy) is 1. The molecule has 0 bridgehead atoms. The summed E-state index contributed by atoms with van der Waals surface area (Å²) in [6, 6.07) is 8.29. The second kappa shape index (κ2) is 6.62. The number of anilines is 1. The van der Waals surface area contributed by atoms with Crippen LogP contribution in [0.1, 0.15) is 32.4 Å². The van der Waals surface area contributed by atoms with Crippen molar-refractivity contribution < 1.29 is 9.84 Å². The molecule has 0 aromatic heterocycles. The fourth-order valence-electron chi connectivity index (χ4n) is 2.15. The summed E-state index contributed by atoms with van der Waals surface area (Å²) in [5, 5.41) is 9.80. The number of aliphatic hydroxyl groups excluding tert-OH is 1. The van der Waals surface area contributed by atoms with E-state index in [1.807, 2.05) is 18.2 Å². The molecule has 0 aliphatic heterocycles. The van der Waals surface area contributed by atoms with Crippen molar-refractivity contribution in [2.45, 2.75) is 32.9 Å². The third kappa shape index (κ3) is 3.45. The van der Waals surface area contributed by atoms with Gasteiger partial charge in [0.15, 0.2) is 0 Å². The molecule has 2 atom stereocenters. The van der Waals surface area contributed by atoms with Gasteiger partial charge in [0.25, 0.3) is 0 Å². The van der Waals surface area contributed by atoms with Crippen LogP contribution >= 0.6 is 0 Å². The number of aliphatic hydroxyl groups is 1. The third-order valence-electron chi connectivity index (χ3n) is 2.98. The Morgan fingerprint density at radius 3 is 2.47 bits per heavy atom. The molecule has 0 saturated heterocycles. The molecule has 0 spiro atoms. The highest BCUT2D eigenvalue weighted by molar-refractivity contribution is 5.55. The Kier molecular flexibility index (Phi) is 5.45. The second-order valence-electron chi connectivity index (χ2n) is 4.33. The van der Waals surface area contributed by atoms with Gasteiger partial charge in [-0.05, 0) is 26.8 Å². The summed E-state index contributed by atoms with van der Waals surface area (Å²) in [6.07, 6.45) is -0.449. The summed E-state index contributed by atoms with van der Waals surface area (Å²) in [5.41, 5.74) is 2.06. The Bertz CT molecular complexity index is 339. The van der Waals surface area contributed by atoms with Gasteiger partial charge in [-0.1, -0.05) is 18.2 Å². The summed E-state index contributed by atoms with van der Waals surface area (Å²) >= 11 is 0. The fraction of sp³-hybridized carbons (Fsp3) is 0.571. The lowest BCUT2D eigenvalue weighted by Crippen LogP contribution is -2.36. The Labute approximate surface area is 104 Å². The molecule has 0 aliphatic carbocycles. The van der Waals surface area contributed by atoms with E-state index in [1.54, 1.807) is 14.0 Å². The first-order chi connectivity index (χ1) is 8.11. The van der Waals surface area contributed by atoms with E-state index in [9.17, 15) is 5.11 Å². The summed E-state index contributed by atoms with van der Waals surface area (Å²) in [6.45, 7) is 7.63. The number of para-hydroxylation sites is 1. The van der Waals surface area contributed by atoms with Crippen LogP contribution in [-0.4, -0.2) is 31.4 Å². The van der Waals surface area contributed by atoms with E-state index in [2.05, 4.69) is 24.8 Å². The van der Waals surface area contributed by atoms with Crippen molar-refractivity contribution in [3.63, 3.8) is 0 Å². The zero-order valence-electron chi connectivity index (χ0n) is 11.2. The van der Waals surface area contributed by atoms with Gasteiger partial charge in [0.05, 0.1) is 12.7 Å². The van der Waals surface area contributed by atoms with E-state index >= 15 is 0 Å². The van der Waals surface area contributed by atoms with Crippen molar-refractivity contribution in [1.82, 2.24) is 0 Å². The van der Waals surface area contributed by atoms with Gasteiger partial charge in [-0.15, -0.1) is 0 Å². The lowest BCUT2D eigenvalue weighted by molar-refractivity contribution is 0.180. The molecule has 3 heteroatoms. The van der Waals surface area contributed by atoms with Crippen LogP contribution in [0.3, 0.4) is 0 Å². The zero-order valence-corrected chi connectivity index (χ0v) is 11.2. The minimum atomic E-state index is -0.449. The van der Waals surface area contributed by atoms with Crippen molar-refractivity contribution in [3.05, 3.63) is 29.8 Å². The van der Waals surface area contributed by atoms with Gasteiger partial charge in [-0.2, -0.15) is 0 Å². The molecule has 0 aliphatic rings. The fourth-order valence-corrected chi connectivity index (χ4v) is 2.15. The number of hydrogen-bond acceptors (Lipinski definition) is 3. The summed E-state index contributed by atoms with van der Waals surface area (Å²) < 4.78 is 5.20. The molecule has 1 unspecified atom stereocenters. The normalized spacial score (nSPS) is 14.4. The lowest BCUT2D eigenvalue weighted by Gasteiger charge is -2.32. The van der Waals surface area contributed by atoms with Crippen LogP contribution in [0.5, 0.6) is 0 Å². The van der Waals surface area contributed by atoms with Crippen LogP contribution in [0, 0.1) is 0 Å². The predicted molar refractivity (Wildman–Crippen MR) is 71.4 cm³/mol. The number of nitrogens with zero attached hydrogens (tertiary/aromatic N) is 1. The van der Waals surface area contributed by atoms with Crippen LogP contribution in [0.25, 0.3) is 0 Å². The van der Waals surface area contributed by atoms with Gasteiger partial charge in [0, 0.05) is 30.9 Å². The van der Waals surface area contributed by atoms with Crippen molar-refractivity contribution in [1.29, 1.82) is 0 Å². The maximum Gasteiger partial charge on any atom is 0.0781 e. The Morgan fingerprint density at radius 2 is 1.94 bits per heavy atom. The molecule has 1 rings (SSSR count). The quantitative estimate of drug-likeness (QED) is 0.825. The van der Waals surface area contributed by atoms with Crippen LogP contribution in [0.4, 0.5) is 5.69 Å². The Morgan fingerprint density at radius 1 is 1.29 bits per heavy atom. The molecular formula is C14H23NO2. The summed E-state index contributed by atoms with van der Waals surface area (Å²) in [5.74, 6) is 0. The maximum absolute atomic E-state index is 9.80. The molecule has 1 N–H and O–H groups in total. The van der Waals surface area contributed by atoms with Crippen molar-refractivity contribution in [3.8, 4) is 0 Å². The van der Waals surface area contributed by atoms with E-state index < -0.39 is 6.10 Å². The van der Waals surface area contributed by atoms with Gasteiger partial charge in [0.1, 0.15) is 0 Å². The second-order valence-corrected chi connectivity index (χ2v) is 4.33. The highest BCUT2D eigenvalue weighted by Gasteiger charge is 2.17. The van der Waals surface area contributed by atoms with E-state index in [4.69, 9.17) is 4.74 Å². The van der Waals surface area contributed by atoms with Gasteiger partial charge in [-0.3, -0.25) is 0 Å². The van der Waals surface area contributed by atoms with Crippen molar-refractivity contribution in [2.75, 3.05) is 25.2 Å². The molecule has 0 saturated carbocycles. The first-order valence-electron chi connectivity index (χ1n) is 6.14. The van der Waals surface area contributed by atoms with Crippen LogP contribution in [-0.2, 0) is 4.74 Å². The zero-order chi connectivity index (χ0) is 12.8. The molecule has 0 radical (unpaired) electrons. The lowest BCUT2D eigenvalue weighted by atomic mass is 10.1. The molecule has 0 fully saturated rings. The predicted octanol–water partition coefficient (Wildman–Crippen LogP) is 2.60. The summed E-state index contributed by atoms with van der Waals surface area (Å²) in [7, 11) is 1.71. The number of hydrogen-bond donors (Lipinski definition) is 1. The van der Waals surface area contributed by atoms with Crippen LogP contribution in [0.2, 0.25) is 0 Å². The average Bonchev–Trinajstić information content (AvgIpc) is 2.31. The van der Waals surface area contributed by atoms with E-state index in [0.29, 0.717) is 12.6 Å². The molecule has 1 aromatic carbocycles. The first-order valence-corrected chi connectivity index (χ1v) is 6.14. The minimum absolute atomic E-state index is 0.296. The molecule has 3 nitrogen and oxygen atoms in total. The smallest absolute Gasteiger partial charge is 0.0781 e. The van der Waals surface area contributed by atoms with Gasteiger partial charge in [-0.25, -0.2) is 0 Å². The van der Waals surface area contributed by atoms with Crippen LogP contribution < -0.4 is 4.90 Å². The van der Waals surface area contributed by atoms with Crippen LogP contribution in [0.15, 0.2) is 24.3 Å². The van der Waals surface area contributed by atoms with E-state index in [0.717, 1.165) is 17.8 Å². The van der Waals surface area contributed by atoms with E-state index in [1.165, 1.54) is 0 Å². The first kappa shape index (κ1) is 14.0. The van der Waals surface area contributed by atoms with Gasteiger partial charge < -0.3 is 14.7 Å². The number of likely N-dealkylation sites (N-methyl/N-ethyl adjacent to an activating group) is 1. The van der Waals surface area contributed by atoms with Gasteiger partial charge in [0.2, 0.25) is 0 Å². The topological polar surface area (TPSA) is 32.7 Å². The SMILES string of the molecule is CCN(c1ccccc1[C@H](C)O)C(C)COC. The average molecular weight is 237 g/mol. The largest absolute Gasteiger partial charge is 0.389 e. The molecule has 17 heavy (non-hydrogen) atoms. The highest BCUT2D eigenvalue weighted by Crippen LogP contribution is 2.27. The molecule has 96 valence electrons.